The second-order valence-corrected chi connectivity index (χ2v) is 4.49. The van der Waals surface area contributed by atoms with E-state index in [2.05, 4.69) is 10.3 Å². The van der Waals surface area contributed by atoms with Crippen molar-refractivity contribution in [2.45, 2.75) is 25.0 Å². The molecule has 19 heavy (non-hydrogen) atoms. The summed E-state index contributed by atoms with van der Waals surface area (Å²) in [4.78, 5) is 4.28. The first-order chi connectivity index (χ1) is 9.12. The van der Waals surface area contributed by atoms with Gasteiger partial charge in [-0.2, -0.15) is 0 Å². The van der Waals surface area contributed by atoms with Gasteiger partial charge in [0.1, 0.15) is 0 Å². The molecule has 0 unspecified atom stereocenters. The number of hydrogen-bond acceptors (Lipinski definition) is 4. The fourth-order valence-corrected chi connectivity index (χ4v) is 1.96. The third kappa shape index (κ3) is 3.29. The Morgan fingerprint density at radius 1 is 1.32 bits per heavy atom. The van der Waals surface area contributed by atoms with E-state index < -0.39 is 0 Å². The van der Waals surface area contributed by atoms with Gasteiger partial charge in [0.25, 0.3) is 0 Å². The summed E-state index contributed by atoms with van der Waals surface area (Å²) in [5.41, 5.74) is 6.59. The maximum absolute atomic E-state index is 9.19. The second-order valence-electron chi connectivity index (χ2n) is 4.49. The molecule has 0 bridgehead atoms. The second kappa shape index (κ2) is 5.79. The van der Waals surface area contributed by atoms with Gasteiger partial charge in [-0.15, -0.1) is 0 Å². The minimum absolute atomic E-state index is 0.114. The first-order valence-corrected chi connectivity index (χ1v) is 6.12. The number of benzene rings is 1. The molecule has 1 aliphatic carbocycles. The number of rotatable bonds is 4. The van der Waals surface area contributed by atoms with E-state index in [1.807, 2.05) is 6.07 Å². The maximum atomic E-state index is 9.19. The standard InChI is InChI=1S/C13H19N3O3/c1-18-11-4-3-8(7-12(11)19-2)15-13(14)16-9-5-10(17)6-9/h3-4,7,9-10,17H,5-6H2,1-2H3,(H3,14,15,16). The number of hydrogen-bond donors (Lipinski definition) is 3. The lowest BCUT2D eigenvalue weighted by Gasteiger charge is -2.28. The molecule has 0 heterocycles. The van der Waals surface area contributed by atoms with Gasteiger partial charge >= 0.3 is 0 Å². The molecule has 6 nitrogen and oxygen atoms in total. The van der Waals surface area contributed by atoms with Crippen molar-refractivity contribution < 1.29 is 14.6 Å². The smallest absolute Gasteiger partial charge is 0.193 e. The highest BCUT2D eigenvalue weighted by molar-refractivity contribution is 5.92. The van der Waals surface area contributed by atoms with Gasteiger partial charge in [-0.25, -0.2) is 4.99 Å². The Morgan fingerprint density at radius 3 is 2.58 bits per heavy atom. The molecule has 0 saturated heterocycles. The lowest BCUT2D eigenvalue weighted by Crippen LogP contribution is -2.35. The van der Waals surface area contributed by atoms with Gasteiger partial charge in [0.2, 0.25) is 0 Å². The molecule has 0 atom stereocenters. The zero-order valence-corrected chi connectivity index (χ0v) is 11.1. The Balaban J connectivity index is 2.02. The van der Waals surface area contributed by atoms with Crippen molar-refractivity contribution in [1.29, 1.82) is 0 Å². The molecule has 6 heteroatoms. The summed E-state index contributed by atoms with van der Waals surface area (Å²) in [6.45, 7) is 0. The molecule has 0 amide bonds. The van der Waals surface area contributed by atoms with E-state index in [1.54, 1.807) is 26.4 Å². The van der Waals surface area contributed by atoms with E-state index in [0.29, 0.717) is 30.3 Å². The van der Waals surface area contributed by atoms with E-state index >= 15 is 0 Å². The molecule has 1 saturated carbocycles. The SMILES string of the molecule is COc1ccc(NC(N)=NC2CC(O)C2)cc1OC. The van der Waals surface area contributed by atoms with Crippen LogP contribution in [0.1, 0.15) is 12.8 Å². The number of methoxy groups -OCH3 is 2. The average molecular weight is 265 g/mol. The lowest BCUT2D eigenvalue weighted by atomic mass is 9.90. The third-order valence-electron chi connectivity index (χ3n) is 3.07. The molecular formula is C13H19N3O3. The number of guanidine groups is 1. The molecule has 0 aromatic heterocycles. The van der Waals surface area contributed by atoms with Gasteiger partial charge in [-0.1, -0.05) is 0 Å². The molecule has 1 fully saturated rings. The number of nitrogens with two attached hydrogens (primary N) is 1. The molecule has 0 radical (unpaired) electrons. The van der Waals surface area contributed by atoms with Crippen LogP contribution in [0, 0.1) is 0 Å². The minimum atomic E-state index is -0.234. The first-order valence-electron chi connectivity index (χ1n) is 6.12. The van der Waals surface area contributed by atoms with Crippen LogP contribution < -0.4 is 20.5 Å². The zero-order valence-electron chi connectivity index (χ0n) is 11.1. The zero-order chi connectivity index (χ0) is 13.8. The van der Waals surface area contributed by atoms with Crippen LogP contribution in [0.2, 0.25) is 0 Å². The van der Waals surface area contributed by atoms with Gasteiger partial charge in [0.05, 0.1) is 26.4 Å². The maximum Gasteiger partial charge on any atom is 0.193 e. The van der Waals surface area contributed by atoms with Gasteiger partial charge in [0.15, 0.2) is 17.5 Å². The Morgan fingerprint density at radius 2 is 2.00 bits per heavy atom. The fourth-order valence-electron chi connectivity index (χ4n) is 1.96. The Bertz CT molecular complexity index is 470. The predicted octanol–water partition coefficient (Wildman–Crippen LogP) is 0.954. The van der Waals surface area contributed by atoms with E-state index in [-0.39, 0.29) is 12.1 Å². The van der Waals surface area contributed by atoms with Crippen molar-refractivity contribution in [2.75, 3.05) is 19.5 Å². The summed E-state index contributed by atoms with van der Waals surface area (Å²) >= 11 is 0. The Hall–Kier alpha value is -1.95. The summed E-state index contributed by atoms with van der Waals surface area (Å²) < 4.78 is 10.4. The van der Waals surface area contributed by atoms with Gasteiger partial charge in [0, 0.05) is 11.8 Å². The number of nitrogens with zero attached hydrogens (tertiary/aromatic N) is 1. The first kappa shape index (κ1) is 13.5. The molecule has 4 N–H and O–H groups in total. The molecule has 1 aromatic rings. The quantitative estimate of drug-likeness (QED) is 0.557. The molecular weight excluding hydrogens is 246 g/mol. The average Bonchev–Trinajstić information content (AvgIpc) is 2.36. The van der Waals surface area contributed by atoms with Crippen LogP contribution in [-0.4, -0.2) is 37.4 Å². The van der Waals surface area contributed by atoms with E-state index in [4.69, 9.17) is 15.2 Å². The summed E-state index contributed by atoms with van der Waals surface area (Å²) in [6, 6.07) is 5.53. The normalized spacial score (nSPS) is 22.6. The van der Waals surface area contributed by atoms with Crippen molar-refractivity contribution in [2.24, 2.45) is 10.7 Å². The molecule has 0 aliphatic heterocycles. The van der Waals surface area contributed by atoms with Gasteiger partial charge < -0.3 is 25.6 Å². The molecule has 104 valence electrons. The molecule has 1 aliphatic rings. The minimum Gasteiger partial charge on any atom is -0.493 e. The summed E-state index contributed by atoms with van der Waals surface area (Å²) in [6.07, 6.45) is 1.12. The van der Waals surface area contributed by atoms with Crippen LogP contribution >= 0.6 is 0 Å². The third-order valence-corrected chi connectivity index (χ3v) is 3.07. The van der Waals surface area contributed by atoms with Crippen LogP contribution in [0.4, 0.5) is 5.69 Å². The van der Waals surface area contributed by atoms with E-state index in [1.165, 1.54) is 0 Å². The van der Waals surface area contributed by atoms with Gasteiger partial charge in [-0.3, -0.25) is 0 Å². The number of nitrogens with one attached hydrogen (secondary N) is 1. The highest BCUT2D eigenvalue weighted by Gasteiger charge is 2.26. The van der Waals surface area contributed by atoms with Crippen LogP contribution in [0.3, 0.4) is 0 Å². The number of aliphatic hydroxyl groups is 1. The summed E-state index contributed by atoms with van der Waals surface area (Å²) in [7, 11) is 3.16. The number of anilines is 1. The lowest BCUT2D eigenvalue weighted by molar-refractivity contribution is 0.0778. The van der Waals surface area contributed by atoms with E-state index in [0.717, 1.165) is 5.69 Å². The number of aliphatic imine (C=N–C) groups is 1. The predicted molar refractivity (Wildman–Crippen MR) is 73.8 cm³/mol. The number of aliphatic hydroxyl groups excluding tert-OH is 1. The highest BCUT2D eigenvalue weighted by Crippen LogP contribution is 2.29. The van der Waals surface area contributed by atoms with Crippen LogP contribution in [0.5, 0.6) is 11.5 Å². The summed E-state index contributed by atoms with van der Waals surface area (Å²) in [5.74, 6) is 1.62. The largest absolute Gasteiger partial charge is 0.493 e. The van der Waals surface area contributed by atoms with Crippen LogP contribution in [0.15, 0.2) is 23.2 Å². The monoisotopic (exact) mass is 265 g/mol. The van der Waals surface area contributed by atoms with Crippen molar-refractivity contribution >= 4 is 11.6 Å². The highest BCUT2D eigenvalue weighted by atomic mass is 16.5. The fraction of sp³-hybridized carbons (Fsp3) is 0.462. The van der Waals surface area contributed by atoms with Crippen molar-refractivity contribution in [1.82, 2.24) is 0 Å². The van der Waals surface area contributed by atoms with Crippen molar-refractivity contribution in [3.05, 3.63) is 18.2 Å². The topological polar surface area (TPSA) is 89.1 Å². The molecule has 0 spiro atoms. The van der Waals surface area contributed by atoms with Gasteiger partial charge in [-0.05, 0) is 25.0 Å². The number of ether oxygens (including phenoxy) is 2. The summed E-state index contributed by atoms with van der Waals surface area (Å²) in [5, 5.41) is 12.2. The molecule has 1 aromatic carbocycles. The van der Waals surface area contributed by atoms with E-state index in [9.17, 15) is 5.11 Å². The Kier molecular flexibility index (Phi) is 4.11. The molecule has 2 rings (SSSR count). The van der Waals surface area contributed by atoms with Crippen LogP contribution in [0.25, 0.3) is 0 Å². The van der Waals surface area contributed by atoms with Crippen molar-refractivity contribution in [3.63, 3.8) is 0 Å². The van der Waals surface area contributed by atoms with Crippen molar-refractivity contribution in [3.8, 4) is 11.5 Å². The van der Waals surface area contributed by atoms with Crippen LogP contribution in [-0.2, 0) is 0 Å². The Labute approximate surface area is 112 Å².